The number of carbonyl (C=O) groups is 1. The minimum atomic E-state index is -0.572. The second-order valence-electron chi connectivity index (χ2n) is 9.42. The highest BCUT2D eigenvalue weighted by atomic mass is 35.5. The molecule has 0 aliphatic heterocycles. The molecule has 5 rings (SSSR count). The summed E-state index contributed by atoms with van der Waals surface area (Å²) in [5, 5.41) is 4.16. The third kappa shape index (κ3) is 6.06. The normalized spacial score (nSPS) is 11.7. The number of aromatic nitrogens is 2. The number of para-hydroxylation sites is 1. The van der Waals surface area contributed by atoms with Gasteiger partial charge in [-0.25, -0.2) is 9.78 Å². The van der Waals surface area contributed by atoms with Gasteiger partial charge in [0.2, 0.25) is 0 Å². The van der Waals surface area contributed by atoms with Crippen LogP contribution in [-0.4, -0.2) is 27.6 Å². The molecule has 0 saturated heterocycles. The molecule has 4 aromatic carbocycles. The predicted octanol–water partition coefficient (Wildman–Crippen LogP) is 7.89. The van der Waals surface area contributed by atoms with Gasteiger partial charge >= 0.3 is 6.03 Å². The van der Waals surface area contributed by atoms with Gasteiger partial charge in [0.15, 0.2) is 0 Å². The number of hydrogen-bond acceptors (Lipinski definition) is 4. The molecule has 0 spiro atoms. The van der Waals surface area contributed by atoms with Crippen LogP contribution >= 0.6 is 23.2 Å². The molecule has 5 aromatic rings. The fraction of sp³-hybridized carbons (Fsp3) is 0.156. The summed E-state index contributed by atoms with van der Waals surface area (Å²) in [4.78, 5) is 34.6. The highest BCUT2D eigenvalue weighted by Crippen LogP contribution is 2.30. The van der Waals surface area contributed by atoms with Gasteiger partial charge in [-0.2, -0.15) is 0 Å². The molecular formula is C32H28Cl2N4O3. The van der Waals surface area contributed by atoms with E-state index in [0.29, 0.717) is 50.3 Å². The van der Waals surface area contributed by atoms with Gasteiger partial charge in [0.1, 0.15) is 11.6 Å². The molecule has 7 nitrogen and oxygen atoms in total. The van der Waals surface area contributed by atoms with Crippen molar-refractivity contribution >= 4 is 45.8 Å². The third-order valence-electron chi connectivity index (χ3n) is 6.82. The summed E-state index contributed by atoms with van der Waals surface area (Å²) in [6, 6.07) is 28.1. The van der Waals surface area contributed by atoms with E-state index in [1.165, 1.54) is 0 Å². The van der Waals surface area contributed by atoms with E-state index in [9.17, 15) is 9.59 Å². The number of nitrogens with zero attached hydrogens (tertiary/aromatic N) is 3. The average molecular weight is 588 g/mol. The number of anilines is 1. The Hall–Kier alpha value is -4.33. The van der Waals surface area contributed by atoms with Crippen LogP contribution in [0.2, 0.25) is 10.0 Å². The van der Waals surface area contributed by atoms with Crippen LogP contribution in [0.3, 0.4) is 0 Å². The van der Waals surface area contributed by atoms with E-state index in [2.05, 4.69) is 5.32 Å². The molecule has 1 atom stereocenters. The highest BCUT2D eigenvalue weighted by molar-refractivity contribution is 6.42. The van der Waals surface area contributed by atoms with Crippen molar-refractivity contribution in [2.45, 2.75) is 25.9 Å². The summed E-state index contributed by atoms with van der Waals surface area (Å²) in [5.74, 6) is 1.11. The Morgan fingerprint density at radius 3 is 2.34 bits per heavy atom. The number of rotatable bonds is 8. The Kier molecular flexibility index (Phi) is 8.57. The lowest BCUT2D eigenvalue weighted by Crippen LogP contribution is -2.40. The van der Waals surface area contributed by atoms with Gasteiger partial charge in [-0.3, -0.25) is 9.36 Å². The van der Waals surface area contributed by atoms with Gasteiger partial charge in [0, 0.05) is 12.2 Å². The molecular weight excluding hydrogens is 559 g/mol. The molecule has 208 valence electrons. The number of nitrogens with one attached hydrogen (secondary N) is 1. The number of methoxy groups -OCH3 is 1. The van der Waals surface area contributed by atoms with Crippen LogP contribution in [0.5, 0.6) is 5.75 Å². The first-order chi connectivity index (χ1) is 19.9. The zero-order chi connectivity index (χ0) is 28.9. The molecule has 1 N–H and O–H groups in total. The number of ether oxygens (including phenoxy) is 1. The lowest BCUT2D eigenvalue weighted by molar-refractivity contribution is 0.177. The molecule has 2 amide bonds. The van der Waals surface area contributed by atoms with Gasteiger partial charge in [-0.15, -0.1) is 0 Å². The number of amides is 2. The van der Waals surface area contributed by atoms with Crippen molar-refractivity contribution in [3.63, 3.8) is 0 Å². The molecule has 1 heterocycles. The molecule has 41 heavy (non-hydrogen) atoms. The topological polar surface area (TPSA) is 76.5 Å². The predicted molar refractivity (Wildman–Crippen MR) is 164 cm³/mol. The van der Waals surface area contributed by atoms with Gasteiger partial charge in [0.05, 0.1) is 39.8 Å². The summed E-state index contributed by atoms with van der Waals surface area (Å²) >= 11 is 12.3. The largest absolute Gasteiger partial charge is 0.497 e. The van der Waals surface area contributed by atoms with E-state index in [1.54, 1.807) is 53.0 Å². The SMILES string of the molecule is CCC(c1nc2ccccc2c(=O)n1-c1ccc(OC)cc1)N(Cc1ccccc1)C(=O)Nc1ccc(Cl)c(Cl)c1. The summed E-state index contributed by atoms with van der Waals surface area (Å²) in [5.41, 5.74) is 2.37. The van der Waals surface area contributed by atoms with E-state index in [1.807, 2.05) is 67.6 Å². The first kappa shape index (κ1) is 28.2. The average Bonchev–Trinajstić information content (AvgIpc) is 2.99. The van der Waals surface area contributed by atoms with Crippen molar-refractivity contribution in [2.75, 3.05) is 12.4 Å². The lowest BCUT2D eigenvalue weighted by atomic mass is 10.1. The second-order valence-corrected chi connectivity index (χ2v) is 10.2. The summed E-state index contributed by atoms with van der Waals surface area (Å²) < 4.78 is 6.91. The van der Waals surface area contributed by atoms with Crippen molar-refractivity contribution in [3.8, 4) is 11.4 Å². The van der Waals surface area contributed by atoms with E-state index >= 15 is 0 Å². The van der Waals surface area contributed by atoms with E-state index in [-0.39, 0.29) is 18.1 Å². The van der Waals surface area contributed by atoms with Crippen LogP contribution in [0.25, 0.3) is 16.6 Å². The van der Waals surface area contributed by atoms with Crippen molar-refractivity contribution in [2.24, 2.45) is 0 Å². The molecule has 9 heteroatoms. The zero-order valence-electron chi connectivity index (χ0n) is 22.6. The molecule has 0 aliphatic rings. The number of fused-ring (bicyclic) bond motifs is 1. The number of carbonyl (C=O) groups excluding carboxylic acids is 1. The monoisotopic (exact) mass is 586 g/mol. The summed E-state index contributed by atoms with van der Waals surface area (Å²) in [6.07, 6.45) is 0.489. The standard InChI is InChI=1S/C32H28Cl2N4O3/c1-3-29(37(20-21-9-5-4-6-10-21)32(40)35-22-13-18-26(33)27(34)19-22)30-36-28-12-8-7-11-25(28)31(39)38(30)23-14-16-24(41-2)17-15-23/h4-19,29H,3,20H2,1-2H3,(H,35,40). The van der Waals surface area contributed by atoms with Gasteiger partial charge in [-0.05, 0) is 66.6 Å². The van der Waals surface area contributed by atoms with Crippen LogP contribution < -0.4 is 15.6 Å². The Bertz CT molecular complexity index is 1740. The van der Waals surface area contributed by atoms with E-state index in [4.69, 9.17) is 32.9 Å². The molecule has 0 aliphatic carbocycles. The smallest absolute Gasteiger partial charge is 0.322 e. The minimum absolute atomic E-state index is 0.223. The summed E-state index contributed by atoms with van der Waals surface area (Å²) in [7, 11) is 1.59. The lowest BCUT2D eigenvalue weighted by Gasteiger charge is -2.32. The number of halogens is 2. The Balaban J connectivity index is 1.67. The third-order valence-corrected chi connectivity index (χ3v) is 7.56. The Morgan fingerprint density at radius 1 is 0.951 bits per heavy atom. The molecule has 0 radical (unpaired) electrons. The maximum Gasteiger partial charge on any atom is 0.322 e. The second kappa shape index (κ2) is 12.5. The molecule has 0 saturated carbocycles. The first-order valence-electron chi connectivity index (χ1n) is 13.1. The van der Waals surface area contributed by atoms with Crippen molar-refractivity contribution in [1.82, 2.24) is 14.5 Å². The Labute approximate surface area is 247 Å². The molecule has 1 aromatic heterocycles. The number of urea groups is 1. The molecule has 0 bridgehead atoms. The van der Waals surface area contributed by atoms with Gasteiger partial charge in [0.25, 0.3) is 5.56 Å². The fourth-order valence-electron chi connectivity index (χ4n) is 4.77. The maximum absolute atomic E-state index is 14.0. The number of benzene rings is 4. The van der Waals surface area contributed by atoms with Crippen molar-refractivity contribution in [3.05, 3.63) is 129 Å². The van der Waals surface area contributed by atoms with Crippen LogP contribution in [-0.2, 0) is 6.54 Å². The van der Waals surface area contributed by atoms with Crippen molar-refractivity contribution in [1.29, 1.82) is 0 Å². The van der Waals surface area contributed by atoms with Gasteiger partial charge < -0.3 is 15.0 Å². The quantitative estimate of drug-likeness (QED) is 0.200. The van der Waals surface area contributed by atoms with Crippen molar-refractivity contribution < 1.29 is 9.53 Å². The van der Waals surface area contributed by atoms with E-state index < -0.39 is 6.04 Å². The number of hydrogen-bond donors (Lipinski definition) is 1. The van der Waals surface area contributed by atoms with Gasteiger partial charge in [-0.1, -0.05) is 72.6 Å². The molecule has 1 unspecified atom stereocenters. The minimum Gasteiger partial charge on any atom is -0.497 e. The van der Waals surface area contributed by atoms with E-state index in [0.717, 1.165) is 5.56 Å². The summed E-state index contributed by atoms with van der Waals surface area (Å²) in [6.45, 7) is 2.24. The van der Waals surface area contributed by atoms with Crippen LogP contribution in [0.4, 0.5) is 10.5 Å². The highest BCUT2D eigenvalue weighted by Gasteiger charge is 2.29. The van der Waals surface area contributed by atoms with Crippen LogP contribution in [0, 0.1) is 0 Å². The zero-order valence-corrected chi connectivity index (χ0v) is 24.1. The Morgan fingerprint density at radius 2 is 1.66 bits per heavy atom. The fourth-order valence-corrected chi connectivity index (χ4v) is 5.07. The van der Waals surface area contributed by atoms with Crippen LogP contribution in [0.15, 0.2) is 102 Å². The first-order valence-corrected chi connectivity index (χ1v) is 13.9. The van der Waals surface area contributed by atoms with Crippen LogP contribution in [0.1, 0.15) is 30.8 Å². The molecule has 0 fully saturated rings. The maximum atomic E-state index is 14.0.